The van der Waals surface area contributed by atoms with E-state index in [1.54, 1.807) is 0 Å². The fraction of sp³-hybridized carbons (Fsp3) is 0.292. The summed E-state index contributed by atoms with van der Waals surface area (Å²) in [7, 11) is -2.40. The van der Waals surface area contributed by atoms with Crippen molar-refractivity contribution in [2.45, 2.75) is 38.7 Å². The second kappa shape index (κ2) is 17.0. The first-order valence-corrected chi connectivity index (χ1v) is 20.3. The van der Waals surface area contributed by atoms with Crippen molar-refractivity contribution < 1.29 is 36.3 Å². The zero-order chi connectivity index (χ0) is 22.3. The average Bonchev–Trinajstić information content (AvgIpc) is 2.77. The normalized spacial score (nSPS) is 10.1. The molecule has 0 fully saturated rings. The summed E-state index contributed by atoms with van der Waals surface area (Å²) in [6, 6.07) is 21.5. The van der Waals surface area contributed by atoms with Crippen LogP contribution in [-0.2, 0) is 36.3 Å². The molecule has 0 aliphatic carbocycles. The Morgan fingerprint density at radius 1 is 1.07 bits per heavy atom. The number of hydrogen-bond acceptors (Lipinski definition) is 2. The monoisotopic (exact) mass is 629 g/mol. The van der Waals surface area contributed by atoms with Crippen LogP contribution in [0.3, 0.4) is 0 Å². The average molecular weight is 631 g/mol. The molecule has 0 amide bonds. The second-order valence-electron chi connectivity index (χ2n) is 7.40. The Labute approximate surface area is 215 Å². The van der Waals surface area contributed by atoms with E-state index in [-0.39, 0.29) is 22.1 Å². The van der Waals surface area contributed by atoms with Crippen LogP contribution in [0.2, 0.25) is 5.04 Å². The summed E-state index contributed by atoms with van der Waals surface area (Å²) in [5.74, 6) is 0. The van der Waals surface area contributed by atoms with Crippen LogP contribution in [0.4, 0.5) is 0 Å². The molecule has 2 rings (SSSR count). The minimum atomic E-state index is -2.40. The van der Waals surface area contributed by atoms with Gasteiger partial charge in [-0.05, 0) is 21.8 Å². The van der Waals surface area contributed by atoms with Gasteiger partial charge in [-0.2, -0.15) is 12.2 Å². The van der Waals surface area contributed by atoms with E-state index in [0.717, 1.165) is 18.4 Å². The zero-order valence-corrected chi connectivity index (χ0v) is 25.1. The van der Waals surface area contributed by atoms with Crippen LogP contribution in [0.1, 0.15) is 33.6 Å². The third-order valence-corrected chi connectivity index (χ3v) is 9.65. The van der Waals surface area contributed by atoms with Crippen LogP contribution in [0.15, 0.2) is 78.5 Å². The first-order chi connectivity index (χ1) is 13.9. The molecule has 0 aliphatic heterocycles. The van der Waals surface area contributed by atoms with Gasteiger partial charge in [0.1, 0.15) is 0 Å². The van der Waals surface area contributed by atoms with Crippen LogP contribution < -0.4 is 10.4 Å². The van der Waals surface area contributed by atoms with E-state index in [1.807, 2.05) is 0 Å². The SMILES string of the molecule is C=C=C([CH2-])CCCO[Si](c1ccccc1)(c1ccccc1)C(C)(C)C.[C-]#N.[Cu+].[Zn+][I]. The predicted molar refractivity (Wildman–Crippen MR) is 130 cm³/mol. The molecule has 0 aromatic heterocycles. The Morgan fingerprint density at radius 3 is 1.80 bits per heavy atom. The molecule has 0 spiro atoms. The molecule has 2 aromatic rings. The van der Waals surface area contributed by atoms with E-state index in [0.29, 0.717) is 6.61 Å². The molecule has 0 bridgehead atoms. The third kappa shape index (κ3) is 8.85. The molecule has 30 heavy (non-hydrogen) atoms. The van der Waals surface area contributed by atoms with Crippen LogP contribution >= 0.6 is 19.8 Å². The van der Waals surface area contributed by atoms with Gasteiger partial charge in [-0.3, -0.25) is 0 Å². The third-order valence-electron chi connectivity index (χ3n) is 4.61. The summed E-state index contributed by atoms with van der Waals surface area (Å²) in [4.78, 5) is 0. The van der Waals surface area contributed by atoms with Crippen molar-refractivity contribution in [1.82, 2.24) is 0 Å². The summed E-state index contributed by atoms with van der Waals surface area (Å²) >= 11 is 3.62. The minimum absolute atomic E-state index is 0. The van der Waals surface area contributed by atoms with E-state index in [1.165, 1.54) is 25.2 Å². The van der Waals surface area contributed by atoms with Crippen molar-refractivity contribution >= 4 is 38.4 Å². The molecule has 0 atom stereocenters. The molecule has 2 nitrogen and oxygen atoms in total. The molecule has 0 saturated carbocycles. The van der Waals surface area contributed by atoms with Crippen molar-refractivity contribution in [1.29, 1.82) is 5.26 Å². The van der Waals surface area contributed by atoms with Crippen molar-refractivity contribution in [3.63, 3.8) is 0 Å². The number of hydrogen-bond donors (Lipinski definition) is 0. The molecular formula is C24H29CuINOSiZn. The second-order valence-corrected chi connectivity index (χ2v) is 11.7. The number of halogens is 1. The molecule has 6 heteroatoms. The maximum absolute atomic E-state index is 6.81. The molecular weight excluding hydrogens is 602 g/mol. The Hall–Kier alpha value is -0.630. The molecule has 0 aliphatic rings. The summed E-state index contributed by atoms with van der Waals surface area (Å²) in [5, 5.41) is 8.92. The Bertz CT molecular complexity index is 733. The summed E-state index contributed by atoms with van der Waals surface area (Å²) in [6.45, 7) is 20.0. The van der Waals surface area contributed by atoms with Gasteiger partial charge in [-0.15, -0.1) is 0 Å². The fourth-order valence-corrected chi connectivity index (χ4v) is 7.97. The Morgan fingerprint density at radius 2 is 1.47 bits per heavy atom. The van der Waals surface area contributed by atoms with Gasteiger partial charge >= 0.3 is 51.6 Å². The van der Waals surface area contributed by atoms with Crippen LogP contribution in [-0.4, -0.2) is 14.9 Å². The quantitative estimate of drug-likeness (QED) is 0.126. The summed E-state index contributed by atoms with van der Waals surface area (Å²) < 4.78 is 6.81. The molecule has 0 heterocycles. The van der Waals surface area contributed by atoms with E-state index < -0.39 is 8.32 Å². The Balaban J connectivity index is 0. The summed E-state index contributed by atoms with van der Waals surface area (Å²) in [5.41, 5.74) is 3.82. The van der Waals surface area contributed by atoms with E-state index in [4.69, 9.17) is 16.3 Å². The number of rotatable bonds is 7. The van der Waals surface area contributed by atoms with Gasteiger partial charge < -0.3 is 22.0 Å². The first kappa shape index (κ1) is 31.6. The predicted octanol–water partition coefficient (Wildman–Crippen LogP) is 5.87. The molecule has 160 valence electrons. The van der Waals surface area contributed by atoms with E-state index in [2.05, 4.69) is 120 Å². The number of nitrogens with zero attached hydrogens (tertiary/aromatic N) is 1. The van der Waals surface area contributed by atoms with Crippen molar-refractivity contribution in [2.75, 3.05) is 6.61 Å². The van der Waals surface area contributed by atoms with E-state index in [9.17, 15) is 0 Å². The number of allylic oxidation sites excluding steroid dienone is 1. The van der Waals surface area contributed by atoms with Gasteiger partial charge in [-0.25, -0.2) is 6.92 Å². The van der Waals surface area contributed by atoms with E-state index >= 15 is 0 Å². The first-order valence-electron chi connectivity index (χ1n) is 9.37. The molecule has 0 saturated heterocycles. The number of benzene rings is 2. The van der Waals surface area contributed by atoms with Gasteiger partial charge in [0, 0.05) is 6.61 Å². The topological polar surface area (TPSA) is 33.0 Å². The van der Waals surface area contributed by atoms with Crippen molar-refractivity contribution in [3.05, 3.63) is 92.0 Å². The van der Waals surface area contributed by atoms with Gasteiger partial charge in [0.25, 0.3) is 8.32 Å². The van der Waals surface area contributed by atoms with Gasteiger partial charge in [0.05, 0.1) is 0 Å². The fourth-order valence-electron chi connectivity index (χ4n) is 3.36. The van der Waals surface area contributed by atoms with Crippen LogP contribution in [0, 0.1) is 18.8 Å². The van der Waals surface area contributed by atoms with Crippen molar-refractivity contribution in [3.8, 4) is 0 Å². The molecule has 0 unspecified atom stereocenters. The van der Waals surface area contributed by atoms with Gasteiger partial charge in [0.15, 0.2) is 0 Å². The van der Waals surface area contributed by atoms with Crippen LogP contribution in [0.25, 0.3) is 0 Å². The van der Waals surface area contributed by atoms with Crippen molar-refractivity contribution in [2.24, 2.45) is 0 Å². The molecule has 0 N–H and O–H groups in total. The molecule has 0 radical (unpaired) electrons. The van der Waals surface area contributed by atoms with Gasteiger partial charge in [-0.1, -0.05) is 87.9 Å². The summed E-state index contributed by atoms with van der Waals surface area (Å²) in [6.07, 6.45) is 1.81. The Kier molecular flexibility index (Phi) is 17.9. The zero-order valence-electron chi connectivity index (χ0n) is 18.1. The molecule has 2 aromatic carbocycles. The van der Waals surface area contributed by atoms with Gasteiger partial charge in [0.2, 0.25) is 0 Å². The maximum atomic E-state index is 6.81. The standard InChI is InChI=1S/C23H29OSi.CN.Cu.HI.Zn/c1-6-20(2)14-13-19-24-25(23(3,4)5,21-15-9-7-10-16-21)22-17-11-8-12-18-22;1-2;;;/h7-12,15-18H,1-2,13-14,19H2,3-5H3;;;1H;/q2*-1;+1;;+2/p-1. The van der Waals surface area contributed by atoms with Crippen LogP contribution in [0.5, 0.6) is 0 Å².